The van der Waals surface area contributed by atoms with Crippen molar-refractivity contribution in [1.82, 2.24) is 4.90 Å². The van der Waals surface area contributed by atoms with Gasteiger partial charge in [0.05, 0.1) is 6.42 Å². The van der Waals surface area contributed by atoms with Gasteiger partial charge < -0.3 is 15.3 Å². The summed E-state index contributed by atoms with van der Waals surface area (Å²) in [4.78, 5) is 24.7. The Morgan fingerprint density at radius 3 is 2.65 bits per heavy atom. The molecule has 1 unspecified atom stereocenters. The van der Waals surface area contributed by atoms with E-state index in [2.05, 4.69) is 5.32 Å². The maximum atomic E-state index is 12.2. The molecule has 0 radical (unpaired) electrons. The number of carbonyl (C=O) groups excluding carboxylic acids is 1. The van der Waals surface area contributed by atoms with Gasteiger partial charge >= 0.3 is 12.0 Å². The molecule has 2 amide bonds. The highest BCUT2D eigenvalue weighted by Gasteiger charge is 2.28. The lowest BCUT2D eigenvalue weighted by molar-refractivity contribution is -0.138. The third kappa shape index (κ3) is 3.87. The van der Waals surface area contributed by atoms with Gasteiger partial charge in [-0.2, -0.15) is 0 Å². The molecule has 1 atom stereocenters. The van der Waals surface area contributed by atoms with Crippen molar-refractivity contribution < 1.29 is 14.7 Å². The Balaban J connectivity index is 2.01. The van der Waals surface area contributed by atoms with Crippen molar-refractivity contribution in [2.24, 2.45) is 0 Å². The number of amides is 2. The molecule has 0 aromatic heterocycles. The van der Waals surface area contributed by atoms with E-state index < -0.39 is 5.97 Å². The summed E-state index contributed by atoms with van der Waals surface area (Å²) in [6, 6.07) is 6.35. The molecule has 6 heteroatoms. The van der Waals surface area contributed by atoms with Gasteiger partial charge in [0.2, 0.25) is 0 Å². The second-order valence-corrected chi connectivity index (χ2v) is 5.31. The summed E-state index contributed by atoms with van der Waals surface area (Å²) in [6.45, 7) is 0.595. The van der Waals surface area contributed by atoms with Gasteiger partial charge in [-0.05, 0) is 43.5 Å². The first-order valence-electron chi connectivity index (χ1n) is 6.61. The first-order valence-corrected chi connectivity index (χ1v) is 6.99. The molecule has 20 heavy (non-hydrogen) atoms. The number of aliphatic carboxylic acids is 1. The Bertz CT molecular complexity index is 490. The van der Waals surface area contributed by atoms with E-state index in [9.17, 15) is 9.59 Å². The lowest BCUT2D eigenvalue weighted by Crippen LogP contribution is -2.46. The summed E-state index contributed by atoms with van der Waals surface area (Å²) in [6.07, 6.45) is 2.60. The normalized spacial score (nSPS) is 18.6. The van der Waals surface area contributed by atoms with Crippen LogP contribution in [0.25, 0.3) is 0 Å². The minimum Gasteiger partial charge on any atom is -0.481 e. The van der Waals surface area contributed by atoms with Crippen LogP contribution >= 0.6 is 11.6 Å². The molecule has 0 bridgehead atoms. The van der Waals surface area contributed by atoms with Crippen molar-refractivity contribution in [3.05, 3.63) is 29.3 Å². The summed E-state index contributed by atoms with van der Waals surface area (Å²) in [7, 11) is 0. The van der Waals surface area contributed by atoms with Gasteiger partial charge in [-0.15, -0.1) is 0 Å². The lowest BCUT2D eigenvalue weighted by Gasteiger charge is -2.34. The number of benzene rings is 1. The average Bonchev–Trinajstić information content (AvgIpc) is 2.41. The minimum absolute atomic E-state index is 0.00591. The number of anilines is 1. The van der Waals surface area contributed by atoms with E-state index in [1.165, 1.54) is 0 Å². The van der Waals surface area contributed by atoms with Crippen LogP contribution in [0.5, 0.6) is 0 Å². The smallest absolute Gasteiger partial charge is 0.322 e. The first kappa shape index (κ1) is 14.7. The summed E-state index contributed by atoms with van der Waals surface area (Å²) >= 11 is 5.79. The second kappa shape index (κ2) is 6.61. The van der Waals surface area contributed by atoms with Crippen LogP contribution in [0.2, 0.25) is 5.02 Å². The molecule has 5 nitrogen and oxygen atoms in total. The topological polar surface area (TPSA) is 69.6 Å². The molecule has 1 fully saturated rings. The van der Waals surface area contributed by atoms with E-state index >= 15 is 0 Å². The fraction of sp³-hybridized carbons (Fsp3) is 0.429. The predicted octanol–water partition coefficient (Wildman–Crippen LogP) is 3.20. The quantitative estimate of drug-likeness (QED) is 0.900. The summed E-state index contributed by atoms with van der Waals surface area (Å²) in [5.41, 5.74) is 0.652. The minimum atomic E-state index is -0.874. The van der Waals surface area contributed by atoms with Crippen molar-refractivity contribution in [1.29, 1.82) is 0 Å². The van der Waals surface area contributed by atoms with Gasteiger partial charge in [0, 0.05) is 23.3 Å². The summed E-state index contributed by atoms with van der Waals surface area (Å²) in [5.74, 6) is -0.874. The van der Waals surface area contributed by atoms with Crippen LogP contribution < -0.4 is 5.32 Å². The Labute approximate surface area is 122 Å². The first-order chi connectivity index (χ1) is 9.56. The number of carboxylic acid groups (broad SMARTS) is 1. The molecule has 2 rings (SSSR count). The van der Waals surface area contributed by atoms with Crippen molar-refractivity contribution >= 4 is 29.3 Å². The van der Waals surface area contributed by atoms with Gasteiger partial charge in [-0.1, -0.05) is 11.6 Å². The maximum Gasteiger partial charge on any atom is 0.322 e. The number of rotatable bonds is 3. The zero-order valence-electron chi connectivity index (χ0n) is 11.0. The van der Waals surface area contributed by atoms with E-state index in [-0.39, 0.29) is 18.5 Å². The molecule has 1 aromatic rings. The third-order valence-electron chi connectivity index (χ3n) is 3.39. The highest BCUT2D eigenvalue weighted by atomic mass is 35.5. The van der Waals surface area contributed by atoms with Crippen LogP contribution in [0.3, 0.4) is 0 Å². The van der Waals surface area contributed by atoms with Gasteiger partial charge in [-0.3, -0.25) is 4.79 Å². The Morgan fingerprint density at radius 1 is 1.30 bits per heavy atom. The number of urea groups is 1. The Kier molecular flexibility index (Phi) is 4.84. The molecular formula is C14H17ClN2O3. The van der Waals surface area contributed by atoms with E-state index in [4.69, 9.17) is 16.7 Å². The van der Waals surface area contributed by atoms with Crippen molar-refractivity contribution in [2.75, 3.05) is 11.9 Å². The molecule has 0 spiro atoms. The largest absolute Gasteiger partial charge is 0.481 e. The maximum absolute atomic E-state index is 12.2. The Hall–Kier alpha value is -1.75. The molecule has 1 aliphatic heterocycles. The number of nitrogens with zero attached hydrogens (tertiary/aromatic N) is 1. The van der Waals surface area contributed by atoms with Crippen LogP contribution in [-0.4, -0.2) is 34.6 Å². The van der Waals surface area contributed by atoms with E-state index in [0.29, 0.717) is 17.3 Å². The highest BCUT2D eigenvalue weighted by molar-refractivity contribution is 6.30. The lowest BCUT2D eigenvalue weighted by atomic mass is 10.00. The zero-order valence-corrected chi connectivity index (χ0v) is 11.8. The van der Waals surface area contributed by atoms with Crippen molar-refractivity contribution in [3.8, 4) is 0 Å². The fourth-order valence-corrected chi connectivity index (χ4v) is 2.54. The highest BCUT2D eigenvalue weighted by Crippen LogP contribution is 2.21. The second-order valence-electron chi connectivity index (χ2n) is 4.88. The molecule has 108 valence electrons. The number of likely N-dealkylation sites (tertiary alicyclic amines) is 1. The summed E-state index contributed by atoms with van der Waals surface area (Å²) < 4.78 is 0. The molecular weight excluding hydrogens is 280 g/mol. The van der Waals surface area contributed by atoms with Crippen LogP contribution in [0.15, 0.2) is 24.3 Å². The van der Waals surface area contributed by atoms with Crippen molar-refractivity contribution in [3.63, 3.8) is 0 Å². The molecule has 1 aromatic carbocycles. The zero-order chi connectivity index (χ0) is 14.5. The van der Waals surface area contributed by atoms with Gasteiger partial charge in [0.15, 0.2) is 0 Å². The molecule has 1 heterocycles. The van der Waals surface area contributed by atoms with Crippen LogP contribution in [-0.2, 0) is 4.79 Å². The molecule has 1 aliphatic rings. The number of hydrogen-bond acceptors (Lipinski definition) is 2. The Morgan fingerprint density at radius 2 is 2.00 bits per heavy atom. The van der Waals surface area contributed by atoms with Crippen LogP contribution in [0, 0.1) is 0 Å². The number of carbonyl (C=O) groups is 2. The fourth-order valence-electron chi connectivity index (χ4n) is 2.41. The molecule has 2 N–H and O–H groups in total. The van der Waals surface area contributed by atoms with E-state index in [0.717, 1.165) is 19.3 Å². The van der Waals surface area contributed by atoms with E-state index in [1.54, 1.807) is 29.2 Å². The number of halogens is 1. The number of piperidine rings is 1. The average molecular weight is 297 g/mol. The van der Waals surface area contributed by atoms with Gasteiger partial charge in [0.1, 0.15) is 0 Å². The molecule has 0 saturated carbocycles. The van der Waals surface area contributed by atoms with Crippen LogP contribution in [0.1, 0.15) is 25.7 Å². The standard InChI is InChI=1S/C14H17ClN2O3/c15-10-4-6-11(7-5-10)16-14(20)17-8-2-1-3-12(17)9-13(18)19/h4-7,12H,1-3,8-9H2,(H,16,20)(H,18,19). The SMILES string of the molecule is O=C(O)CC1CCCCN1C(=O)Nc1ccc(Cl)cc1. The van der Waals surface area contributed by atoms with Crippen molar-refractivity contribution in [2.45, 2.75) is 31.7 Å². The van der Waals surface area contributed by atoms with Crippen LogP contribution in [0.4, 0.5) is 10.5 Å². The van der Waals surface area contributed by atoms with E-state index in [1.807, 2.05) is 0 Å². The summed E-state index contributed by atoms with van der Waals surface area (Å²) in [5, 5.41) is 12.3. The van der Waals surface area contributed by atoms with Gasteiger partial charge in [0.25, 0.3) is 0 Å². The van der Waals surface area contributed by atoms with Gasteiger partial charge in [-0.25, -0.2) is 4.79 Å². The predicted molar refractivity (Wildman–Crippen MR) is 77.1 cm³/mol. The number of hydrogen-bond donors (Lipinski definition) is 2. The third-order valence-corrected chi connectivity index (χ3v) is 3.65. The molecule has 0 aliphatic carbocycles. The molecule has 1 saturated heterocycles. The number of nitrogens with one attached hydrogen (secondary N) is 1. The monoisotopic (exact) mass is 296 g/mol. The number of carboxylic acids is 1.